The number of carbonyl (C=O) groups excluding carboxylic acids is 1. The number of aliphatic hydroxyl groups excluding tert-OH is 3. The molecule has 0 aromatic rings. The number of ether oxygens (including phenoxy) is 3. The maximum atomic E-state index is 13.9. The lowest BCUT2D eigenvalue weighted by molar-refractivity contribution is -0.506. The smallest absolute Gasteiger partial charge is 0.210 e. The van der Waals surface area contributed by atoms with Gasteiger partial charge in [-0.1, -0.05) is 20.3 Å². The lowest BCUT2D eigenvalue weighted by atomic mass is 9.35. The van der Waals surface area contributed by atoms with Gasteiger partial charge < -0.3 is 34.6 Å². The predicted molar refractivity (Wildman–Crippen MR) is 103 cm³/mol. The number of hydrogen-bond donors (Lipinski definition) is 4. The van der Waals surface area contributed by atoms with Gasteiger partial charge >= 0.3 is 0 Å². The summed E-state index contributed by atoms with van der Waals surface area (Å²) in [6.45, 7) is 4.18. The van der Waals surface area contributed by atoms with E-state index in [4.69, 9.17) is 14.2 Å². The average Bonchev–Trinajstić information content (AvgIpc) is 2.80. The average molecular weight is 427 g/mol. The second kappa shape index (κ2) is 6.25. The number of Topliss-reactive ketones (excluding diaryl/α,β-unsaturated/α-hetero) is 1. The first-order chi connectivity index (χ1) is 14.1. The van der Waals surface area contributed by atoms with Gasteiger partial charge in [-0.15, -0.1) is 0 Å². The normalized spacial score (nSPS) is 58.5. The molecule has 2 saturated heterocycles. The number of rotatable bonds is 3. The van der Waals surface area contributed by atoms with Crippen molar-refractivity contribution in [3.05, 3.63) is 0 Å². The molecule has 0 unspecified atom stereocenters. The fraction of sp³-hybridized carbons (Fsp3) is 0.955. The molecule has 2 spiro atoms. The summed E-state index contributed by atoms with van der Waals surface area (Å²) in [5.74, 6) is -5.18. The Labute approximate surface area is 176 Å². The summed E-state index contributed by atoms with van der Waals surface area (Å²) in [6, 6.07) is 0. The maximum absolute atomic E-state index is 13.9. The number of ketones is 1. The van der Waals surface area contributed by atoms with Crippen molar-refractivity contribution in [2.24, 2.45) is 39.9 Å². The minimum absolute atomic E-state index is 0.0869. The SMILES string of the molecule is COC[C@@H]1C(=O)[C@]23[C@H](O)[C@H]1C[C@H](O)[C@H]2[C@]12CCCC(C)(C)[C@H]1[C@H](O)[C@]3(O)O[C@@H]2OC. The molecule has 6 aliphatic rings. The van der Waals surface area contributed by atoms with Gasteiger partial charge in [0.2, 0.25) is 5.79 Å². The van der Waals surface area contributed by atoms with E-state index in [1.165, 1.54) is 14.2 Å². The fourth-order valence-electron chi connectivity index (χ4n) is 8.87. The molecule has 6 rings (SSSR count). The third kappa shape index (κ3) is 1.97. The third-order valence-electron chi connectivity index (χ3n) is 9.55. The second-order valence-electron chi connectivity index (χ2n) is 10.9. The predicted octanol–water partition coefficient (Wildman–Crippen LogP) is 0.0545. The van der Waals surface area contributed by atoms with Crippen LogP contribution >= 0.6 is 0 Å². The van der Waals surface area contributed by atoms with Crippen molar-refractivity contribution in [1.82, 2.24) is 0 Å². The first-order valence-corrected chi connectivity index (χ1v) is 11.1. The Morgan fingerprint density at radius 1 is 1.10 bits per heavy atom. The van der Waals surface area contributed by atoms with Gasteiger partial charge in [-0.25, -0.2) is 0 Å². The molecule has 0 aromatic carbocycles. The van der Waals surface area contributed by atoms with E-state index in [-0.39, 0.29) is 24.2 Å². The second-order valence-corrected chi connectivity index (χ2v) is 10.9. The molecule has 170 valence electrons. The van der Waals surface area contributed by atoms with Crippen molar-refractivity contribution in [3.63, 3.8) is 0 Å². The van der Waals surface area contributed by atoms with Crippen LogP contribution in [-0.2, 0) is 19.0 Å². The van der Waals surface area contributed by atoms with E-state index < -0.39 is 64.9 Å². The van der Waals surface area contributed by atoms with Crippen LogP contribution in [0.15, 0.2) is 0 Å². The zero-order chi connectivity index (χ0) is 21.9. The van der Waals surface area contributed by atoms with Gasteiger partial charge in [0, 0.05) is 43.3 Å². The molecule has 4 saturated carbocycles. The topological polar surface area (TPSA) is 126 Å². The Hall–Kier alpha value is -0.610. The van der Waals surface area contributed by atoms with E-state index in [2.05, 4.69) is 0 Å². The van der Waals surface area contributed by atoms with Gasteiger partial charge in [-0.2, -0.15) is 0 Å². The summed E-state index contributed by atoms with van der Waals surface area (Å²) in [7, 11) is 2.97. The highest BCUT2D eigenvalue weighted by atomic mass is 16.7. The van der Waals surface area contributed by atoms with Crippen molar-refractivity contribution in [1.29, 1.82) is 0 Å². The summed E-state index contributed by atoms with van der Waals surface area (Å²) in [5.41, 5.74) is -3.08. The van der Waals surface area contributed by atoms with Crippen LogP contribution in [0.5, 0.6) is 0 Å². The number of methoxy groups -OCH3 is 2. The van der Waals surface area contributed by atoms with Crippen LogP contribution in [0.2, 0.25) is 0 Å². The summed E-state index contributed by atoms with van der Waals surface area (Å²) >= 11 is 0. The summed E-state index contributed by atoms with van der Waals surface area (Å²) in [6.07, 6.45) is -1.97. The summed E-state index contributed by atoms with van der Waals surface area (Å²) < 4.78 is 17.0. The van der Waals surface area contributed by atoms with Gasteiger partial charge in [0.15, 0.2) is 12.1 Å². The monoisotopic (exact) mass is 426 g/mol. The Bertz CT molecular complexity index is 755. The van der Waals surface area contributed by atoms with E-state index in [9.17, 15) is 25.2 Å². The van der Waals surface area contributed by atoms with Crippen LogP contribution in [-0.4, -0.2) is 77.4 Å². The van der Waals surface area contributed by atoms with Crippen LogP contribution in [0.1, 0.15) is 39.5 Å². The zero-order valence-electron chi connectivity index (χ0n) is 18.1. The molecule has 0 aromatic heterocycles. The minimum atomic E-state index is -2.35. The largest absolute Gasteiger partial charge is 0.393 e. The van der Waals surface area contributed by atoms with Crippen molar-refractivity contribution in [2.45, 2.75) is 69.9 Å². The van der Waals surface area contributed by atoms with E-state index in [1.54, 1.807) is 0 Å². The maximum Gasteiger partial charge on any atom is 0.210 e. The Kier molecular flexibility index (Phi) is 4.42. The Balaban J connectivity index is 1.80. The third-order valence-corrected chi connectivity index (χ3v) is 9.55. The Morgan fingerprint density at radius 2 is 1.80 bits per heavy atom. The first-order valence-electron chi connectivity index (χ1n) is 11.1. The number of fused-ring (bicyclic) bond motifs is 2. The van der Waals surface area contributed by atoms with Crippen LogP contribution in [0.25, 0.3) is 0 Å². The highest BCUT2D eigenvalue weighted by Gasteiger charge is 2.89. The van der Waals surface area contributed by atoms with E-state index in [0.717, 1.165) is 12.8 Å². The molecule has 8 nitrogen and oxygen atoms in total. The van der Waals surface area contributed by atoms with Gasteiger partial charge in [0.25, 0.3) is 0 Å². The first kappa shape index (κ1) is 21.2. The fourth-order valence-corrected chi connectivity index (χ4v) is 8.87. The minimum Gasteiger partial charge on any atom is -0.393 e. The molecular formula is C22H34O8. The van der Waals surface area contributed by atoms with Crippen LogP contribution < -0.4 is 0 Å². The van der Waals surface area contributed by atoms with Gasteiger partial charge in [0.1, 0.15) is 11.5 Å². The summed E-state index contributed by atoms with van der Waals surface area (Å²) in [5, 5.41) is 46.5. The molecule has 30 heavy (non-hydrogen) atoms. The molecular weight excluding hydrogens is 392 g/mol. The molecule has 2 heterocycles. The quantitative estimate of drug-likeness (QED) is 0.499. The van der Waals surface area contributed by atoms with Gasteiger partial charge in [-0.05, 0) is 24.7 Å². The van der Waals surface area contributed by atoms with Crippen molar-refractivity contribution in [3.8, 4) is 0 Å². The molecule has 4 bridgehead atoms. The van der Waals surface area contributed by atoms with E-state index >= 15 is 0 Å². The molecule has 8 heteroatoms. The molecule has 6 fully saturated rings. The van der Waals surface area contributed by atoms with E-state index in [0.29, 0.717) is 6.42 Å². The number of aliphatic hydroxyl groups is 4. The highest BCUT2D eigenvalue weighted by molar-refractivity contribution is 5.93. The van der Waals surface area contributed by atoms with Crippen molar-refractivity contribution < 1.29 is 39.4 Å². The zero-order valence-corrected chi connectivity index (χ0v) is 18.1. The lowest BCUT2D eigenvalue weighted by Gasteiger charge is -2.76. The molecule has 11 atom stereocenters. The molecule has 0 radical (unpaired) electrons. The molecule has 2 aliphatic heterocycles. The van der Waals surface area contributed by atoms with Crippen LogP contribution in [0.3, 0.4) is 0 Å². The highest BCUT2D eigenvalue weighted by Crippen LogP contribution is 2.78. The Morgan fingerprint density at radius 3 is 2.43 bits per heavy atom. The molecule has 4 N–H and O–H groups in total. The van der Waals surface area contributed by atoms with E-state index in [1.807, 2.05) is 13.8 Å². The standard InChI is InChI=1S/C22H34O8/c1-19(2)6-5-7-20-13-12(23)8-10-11(9-28-3)16(25)21(13,15(10)24)22(27,17(26)14(19)20)30-18(20)29-4/h10-15,17-18,23-24,26-27H,5-9H2,1-4H3/t10-,11-,12-,13-,14+,15+,17-,18-,20+,21+,22-/m0/s1. The number of hydrogen-bond acceptors (Lipinski definition) is 8. The van der Waals surface area contributed by atoms with Gasteiger partial charge in [0.05, 0.1) is 18.8 Å². The van der Waals surface area contributed by atoms with Crippen LogP contribution in [0.4, 0.5) is 0 Å². The number of carbonyl (C=O) groups is 1. The lowest BCUT2D eigenvalue weighted by Crippen LogP contribution is -2.87. The van der Waals surface area contributed by atoms with Crippen LogP contribution in [0, 0.1) is 39.9 Å². The molecule has 4 aliphatic carbocycles. The van der Waals surface area contributed by atoms with Gasteiger partial charge in [-0.3, -0.25) is 4.79 Å². The van der Waals surface area contributed by atoms with Crippen molar-refractivity contribution >= 4 is 5.78 Å². The summed E-state index contributed by atoms with van der Waals surface area (Å²) in [4.78, 5) is 13.9. The molecule has 0 amide bonds. The van der Waals surface area contributed by atoms with Crippen molar-refractivity contribution in [2.75, 3.05) is 20.8 Å².